The summed E-state index contributed by atoms with van der Waals surface area (Å²) < 4.78 is 0. The summed E-state index contributed by atoms with van der Waals surface area (Å²) in [6.07, 6.45) is 0.894. The monoisotopic (exact) mass is 304 g/mol. The Bertz CT molecular complexity index is 553. The second-order valence-electron chi connectivity index (χ2n) is 5.74. The van der Waals surface area contributed by atoms with Crippen LogP contribution in [0.25, 0.3) is 0 Å². The van der Waals surface area contributed by atoms with Crippen molar-refractivity contribution in [2.75, 3.05) is 18.0 Å². The molecule has 1 rings (SSSR count). The van der Waals surface area contributed by atoms with Crippen molar-refractivity contribution in [3.05, 3.63) is 29.8 Å². The molecule has 0 fully saturated rings. The SMILES string of the molecule is CC(=O)c1cccc(N(CC(=O)NCCC(C)C)C(C)=O)c1. The van der Waals surface area contributed by atoms with E-state index < -0.39 is 0 Å². The predicted molar refractivity (Wildman–Crippen MR) is 86.9 cm³/mol. The van der Waals surface area contributed by atoms with Crippen molar-refractivity contribution in [3.8, 4) is 0 Å². The Morgan fingerprint density at radius 1 is 1.18 bits per heavy atom. The van der Waals surface area contributed by atoms with E-state index in [-0.39, 0.29) is 24.1 Å². The van der Waals surface area contributed by atoms with E-state index >= 15 is 0 Å². The van der Waals surface area contributed by atoms with Crippen LogP contribution >= 0.6 is 0 Å². The molecule has 0 saturated heterocycles. The molecular formula is C17H24N2O3. The Morgan fingerprint density at radius 3 is 2.41 bits per heavy atom. The highest BCUT2D eigenvalue weighted by molar-refractivity contribution is 6.00. The number of anilines is 1. The fourth-order valence-corrected chi connectivity index (χ4v) is 1.98. The van der Waals surface area contributed by atoms with Crippen LogP contribution in [-0.2, 0) is 9.59 Å². The zero-order valence-electron chi connectivity index (χ0n) is 13.7. The van der Waals surface area contributed by atoms with Gasteiger partial charge in [0.15, 0.2) is 5.78 Å². The van der Waals surface area contributed by atoms with Gasteiger partial charge in [-0.05, 0) is 31.4 Å². The summed E-state index contributed by atoms with van der Waals surface area (Å²) in [6, 6.07) is 6.74. The molecule has 0 spiro atoms. The molecule has 2 amide bonds. The molecule has 0 aliphatic heterocycles. The first kappa shape index (κ1) is 17.9. The van der Waals surface area contributed by atoms with Gasteiger partial charge in [0.2, 0.25) is 11.8 Å². The standard InChI is InChI=1S/C17H24N2O3/c1-12(2)8-9-18-17(22)11-19(14(4)21)16-7-5-6-15(10-16)13(3)20/h5-7,10,12H,8-9,11H2,1-4H3,(H,18,22). The average Bonchev–Trinajstić information content (AvgIpc) is 2.44. The highest BCUT2D eigenvalue weighted by Gasteiger charge is 2.16. The van der Waals surface area contributed by atoms with Gasteiger partial charge in [-0.3, -0.25) is 14.4 Å². The summed E-state index contributed by atoms with van der Waals surface area (Å²) in [7, 11) is 0. The first-order chi connectivity index (χ1) is 10.3. The summed E-state index contributed by atoms with van der Waals surface area (Å²) >= 11 is 0. The Kier molecular flexibility index (Phi) is 6.76. The minimum atomic E-state index is -0.236. The van der Waals surface area contributed by atoms with Gasteiger partial charge in [-0.25, -0.2) is 0 Å². The number of amides is 2. The zero-order valence-corrected chi connectivity index (χ0v) is 13.7. The molecular weight excluding hydrogens is 280 g/mol. The molecule has 22 heavy (non-hydrogen) atoms. The van der Waals surface area contributed by atoms with Crippen LogP contribution < -0.4 is 10.2 Å². The molecule has 1 N–H and O–H groups in total. The molecule has 120 valence electrons. The minimum Gasteiger partial charge on any atom is -0.355 e. The maximum absolute atomic E-state index is 12.0. The van der Waals surface area contributed by atoms with Crippen LogP contribution in [0.2, 0.25) is 0 Å². The first-order valence-corrected chi connectivity index (χ1v) is 7.47. The summed E-state index contributed by atoms with van der Waals surface area (Å²) in [5.41, 5.74) is 1.07. The fraction of sp³-hybridized carbons (Fsp3) is 0.471. The molecule has 0 atom stereocenters. The van der Waals surface area contributed by atoms with E-state index in [4.69, 9.17) is 0 Å². The Hall–Kier alpha value is -2.17. The molecule has 0 unspecified atom stereocenters. The van der Waals surface area contributed by atoms with Crippen molar-refractivity contribution in [3.63, 3.8) is 0 Å². The molecule has 0 aliphatic rings. The van der Waals surface area contributed by atoms with E-state index in [1.165, 1.54) is 18.7 Å². The van der Waals surface area contributed by atoms with Crippen LogP contribution in [0, 0.1) is 5.92 Å². The maximum Gasteiger partial charge on any atom is 0.240 e. The van der Waals surface area contributed by atoms with E-state index in [1.807, 2.05) is 0 Å². The number of benzene rings is 1. The second kappa shape index (κ2) is 8.32. The lowest BCUT2D eigenvalue weighted by atomic mass is 10.1. The van der Waals surface area contributed by atoms with Gasteiger partial charge in [0.05, 0.1) is 0 Å². The van der Waals surface area contributed by atoms with Gasteiger partial charge < -0.3 is 10.2 Å². The first-order valence-electron chi connectivity index (χ1n) is 7.47. The molecule has 0 bridgehead atoms. The van der Waals surface area contributed by atoms with E-state index in [2.05, 4.69) is 19.2 Å². The predicted octanol–water partition coefficient (Wildman–Crippen LogP) is 2.40. The highest BCUT2D eigenvalue weighted by Crippen LogP contribution is 2.17. The topological polar surface area (TPSA) is 66.5 Å². The molecule has 0 saturated carbocycles. The summed E-state index contributed by atoms with van der Waals surface area (Å²) in [6.45, 7) is 7.59. The molecule has 1 aromatic carbocycles. The van der Waals surface area contributed by atoms with Crippen LogP contribution in [0.4, 0.5) is 5.69 Å². The molecule has 1 aromatic rings. The van der Waals surface area contributed by atoms with Crippen molar-refractivity contribution < 1.29 is 14.4 Å². The Labute approximate surface area is 131 Å². The van der Waals surface area contributed by atoms with Crippen LogP contribution in [-0.4, -0.2) is 30.7 Å². The summed E-state index contributed by atoms with van der Waals surface area (Å²) in [5, 5.41) is 2.81. The third-order valence-corrected chi connectivity index (χ3v) is 3.29. The van der Waals surface area contributed by atoms with Crippen molar-refractivity contribution in [2.24, 2.45) is 5.92 Å². The fourth-order valence-electron chi connectivity index (χ4n) is 1.98. The molecule has 0 heterocycles. The van der Waals surface area contributed by atoms with Gasteiger partial charge >= 0.3 is 0 Å². The Morgan fingerprint density at radius 2 is 1.86 bits per heavy atom. The van der Waals surface area contributed by atoms with Crippen molar-refractivity contribution >= 4 is 23.3 Å². The van der Waals surface area contributed by atoms with Crippen LogP contribution in [0.3, 0.4) is 0 Å². The van der Waals surface area contributed by atoms with Crippen molar-refractivity contribution in [2.45, 2.75) is 34.1 Å². The van der Waals surface area contributed by atoms with Gasteiger partial charge in [-0.15, -0.1) is 0 Å². The van der Waals surface area contributed by atoms with E-state index in [1.54, 1.807) is 24.3 Å². The van der Waals surface area contributed by atoms with Gasteiger partial charge in [-0.2, -0.15) is 0 Å². The van der Waals surface area contributed by atoms with Gasteiger partial charge in [0.1, 0.15) is 6.54 Å². The number of carbonyl (C=O) groups excluding carboxylic acids is 3. The average molecular weight is 304 g/mol. The van der Waals surface area contributed by atoms with Crippen molar-refractivity contribution in [1.82, 2.24) is 5.32 Å². The van der Waals surface area contributed by atoms with Crippen LogP contribution in [0.15, 0.2) is 24.3 Å². The maximum atomic E-state index is 12.0. The van der Waals surface area contributed by atoms with Crippen molar-refractivity contribution in [1.29, 1.82) is 0 Å². The zero-order chi connectivity index (χ0) is 16.7. The number of rotatable bonds is 7. The number of ketones is 1. The molecule has 0 aromatic heterocycles. The lowest BCUT2D eigenvalue weighted by Crippen LogP contribution is -2.40. The third kappa shape index (κ3) is 5.68. The van der Waals surface area contributed by atoms with Gasteiger partial charge in [0, 0.05) is 24.7 Å². The van der Waals surface area contributed by atoms with Crippen LogP contribution in [0.1, 0.15) is 44.5 Å². The second-order valence-corrected chi connectivity index (χ2v) is 5.74. The minimum absolute atomic E-state index is 0.0468. The number of carbonyl (C=O) groups is 3. The summed E-state index contributed by atoms with van der Waals surface area (Å²) in [5.74, 6) is -0.00742. The van der Waals surface area contributed by atoms with Gasteiger partial charge in [-0.1, -0.05) is 26.0 Å². The number of Topliss-reactive ketones (excluding diaryl/α,β-unsaturated/α-hetero) is 1. The van der Waals surface area contributed by atoms with E-state index in [9.17, 15) is 14.4 Å². The lowest BCUT2D eigenvalue weighted by Gasteiger charge is -2.21. The number of nitrogens with one attached hydrogen (secondary N) is 1. The quantitative estimate of drug-likeness (QED) is 0.787. The number of nitrogens with zero attached hydrogens (tertiary/aromatic N) is 1. The highest BCUT2D eigenvalue weighted by atomic mass is 16.2. The number of hydrogen-bond donors (Lipinski definition) is 1. The van der Waals surface area contributed by atoms with Crippen LogP contribution in [0.5, 0.6) is 0 Å². The smallest absolute Gasteiger partial charge is 0.240 e. The largest absolute Gasteiger partial charge is 0.355 e. The van der Waals surface area contributed by atoms with Gasteiger partial charge in [0.25, 0.3) is 0 Å². The van der Waals surface area contributed by atoms with E-state index in [0.29, 0.717) is 23.7 Å². The third-order valence-electron chi connectivity index (χ3n) is 3.29. The lowest BCUT2D eigenvalue weighted by molar-refractivity contribution is -0.123. The number of hydrogen-bond acceptors (Lipinski definition) is 3. The molecule has 0 aliphatic carbocycles. The normalized spacial score (nSPS) is 10.4. The van der Waals surface area contributed by atoms with E-state index in [0.717, 1.165) is 6.42 Å². The Balaban J connectivity index is 2.77. The molecule has 5 nitrogen and oxygen atoms in total. The molecule has 5 heteroatoms. The molecule has 0 radical (unpaired) electrons. The summed E-state index contributed by atoms with van der Waals surface area (Å²) in [4.78, 5) is 36.6.